The first-order valence-corrected chi connectivity index (χ1v) is 4.13. The molecule has 0 radical (unpaired) electrons. The lowest BCUT2D eigenvalue weighted by molar-refractivity contribution is 0.0239. The average Bonchev–Trinajstić information content (AvgIpc) is 2.15. The van der Waals surface area contributed by atoms with Gasteiger partial charge in [-0.1, -0.05) is 23.3 Å². The number of aryl methyl sites for hydroxylation is 1. The van der Waals surface area contributed by atoms with Crippen LogP contribution in [0.15, 0.2) is 24.3 Å². The van der Waals surface area contributed by atoms with Crippen LogP contribution in [-0.4, -0.2) is 22.2 Å². The monoisotopic (exact) mass is 209 g/mol. The number of carboxylic acid groups (broad SMARTS) is 1. The molecule has 1 rings (SSSR count). The normalized spacial score (nSPS) is 9.40. The molecule has 0 fully saturated rings. The number of hydrogen-bond donors (Lipinski definition) is 3. The minimum Gasteiger partial charge on any atom is -0.462 e. The van der Waals surface area contributed by atoms with Crippen molar-refractivity contribution in [3.05, 3.63) is 29.8 Å². The SMILES string of the molecule is Cc1ccccc1ON(C(=N)N)C(=O)O. The molecule has 0 saturated heterocycles. The van der Waals surface area contributed by atoms with Crippen LogP contribution in [0.2, 0.25) is 0 Å². The van der Waals surface area contributed by atoms with E-state index < -0.39 is 12.1 Å². The summed E-state index contributed by atoms with van der Waals surface area (Å²) < 4.78 is 0. The summed E-state index contributed by atoms with van der Waals surface area (Å²) in [5.41, 5.74) is 5.79. The van der Waals surface area contributed by atoms with Gasteiger partial charge in [0.1, 0.15) is 0 Å². The summed E-state index contributed by atoms with van der Waals surface area (Å²) in [4.78, 5) is 15.6. The van der Waals surface area contributed by atoms with E-state index in [1.165, 1.54) is 0 Å². The van der Waals surface area contributed by atoms with Crippen LogP contribution in [-0.2, 0) is 0 Å². The van der Waals surface area contributed by atoms with E-state index in [1.54, 1.807) is 31.2 Å². The first kappa shape index (κ1) is 10.8. The maximum atomic E-state index is 10.6. The number of hydroxylamine groups is 2. The predicted molar refractivity (Wildman–Crippen MR) is 53.6 cm³/mol. The maximum absolute atomic E-state index is 10.6. The van der Waals surface area contributed by atoms with Crippen LogP contribution in [0, 0.1) is 12.3 Å². The smallest absolute Gasteiger partial charge is 0.448 e. The molecule has 1 aromatic rings. The maximum Gasteiger partial charge on any atom is 0.448 e. The minimum absolute atomic E-state index is 0.294. The highest BCUT2D eigenvalue weighted by molar-refractivity contribution is 5.89. The lowest BCUT2D eigenvalue weighted by Gasteiger charge is -2.17. The number of para-hydroxylation sites is 1. The summed E-state index contributed by atoms with van der Waals surface area (Å²) >= 11 is 0. The van der Waals surface area contributed by atoms with Gasteiger partial charge in [-0.2, -0.15) is 0 Å². The molecule has 0 aliphatic carbocycles. The van der Waals surface area contributed by atoms with E-state index in [0.717, 1.165) is 5.56 Å². The molecule has 15 heavy (non-hydrogen) atoms. The van der Waals surface area contributed by atoms with Crippen molar-refractivity contribution in [2.75, 3.05) is 0 Å². The Morgan fingerprint density at radius 1 is 1.53 bits per heavy atom. The third-order valence-electron chi connectivity index (χ3n) is 1.68. The van der Waals surface area contributed by atoms with Gasteiger partial charge in [0, 0.05) is 0 Å². The Hall–Kier alpha value is -2.24. The third kappa shape index (κ3) is 2.60. The fraction of sp³-hybridized carbons (Fsp3) is 0.111. The largest absolute Gasteiger partial charge is 0.462 e. The molecule has 0 saturated carbocycles. The average molecular weight is 209 g/mol. The second kappa shape index (κ2) is 4.32. The Bertz CT molecular complexity index is 378. The Morgan fingerprint density at radius 2 is 2.13 bits per heavy atom. The predicted octanol–water partition coefficient (Wildman–Crippen LogP) is 1.16. The number of amides is 1. The topological polar surface area (TPSA) is 99.6 Å². The molecule has 0 heterocycles. The molecular formula is C9H11N3O3. The van der Waals surface area contributed by atoms with Crippen LogP contribution < -0.4 is 10.6 Å². The van der Waals surface area contributed by atoms with Crippen LogP contribution in [0.4, 0.5) is 4.79 Å². The van der Waals surface area contributed by atoms with Gasteiger partial charge in [-0.15, -0.1) is 0 Å². The van der Waals surface area contributed by atoms with Crippen LogP contribution >= 0.6 is 0 Å². The van der Waals surface area contributed by atoms with E-state index in [4.69, 9.17) is 21.1 Å². The summed E-state index contributed by atoms with van der Waals surface area (Å²) in [5.74, 6) is -0.346. The van der Waals surface area contributed by atoms with E-state index in [0.29, 0.717) is 10.8 Å². The van der Waals surface area contributed by atoms with E-state index >= 15 is 0 Å². The minimum atomic E-state index is -1.44. The number of nitrogens with two attached hydrogens (primary N) is 1. The first-order chi connectivity index (χ1) is 7.02. The second-order valence-corrected chi connectivity index (χ2v) is 2.82. The third-order valence-corrected chi connectivity index (χ3v) is 1.68. The van der Waals surface area contributed by atoms with E-state index in [1.807, 2.05) is 0 Å². The van der Waals surface area contributed by atoms with Gasteiger partial charge in [-0.3, -0.25) is 5.41 Å². The number of nitrogens with zero attached hydrogens (tertiary/aromatic N) is 1. The number of guanidine groups is 1. The number of rotatable bonds is 2. The second-order valence-electron chi connectivity index (χ2n) is 2.82. The molecule has 0 atom stereocenters. The molecule has 0 bridgehead atoms. The molecular weight excluding hydrogens is 198 g/mol. The number of carbonyl (C=O) groups is 1. The molecule has 0 spiro atoms. The zero-order valence-electron chi connectivity index (χ0n) is 8.10. The summed E-state index contributed by atoms with van der Waals surface area (Å²) in [6, 6.07) is 6.84. The molecule has 0 unspecified atom stereocenters. The molecule has 6 nitrogen and oxygen atoms in total. The molecule has 80 valence electrons. The molecule has 6 heteroatoms. The van der Waals surface area contributed by atoms with Crippen molar-refractivity contribution >= 4 is 12.1 Å². The Morgan fingerprint density at radius 3 is 2.60 bits per heavy atom. The van der Waals surface area contributed by atoms with Crippen molar-refractivity contribution < 1.29 is 14.7 Å². The van der Waals surface area contributed by atoms with Crippen molar-refractivity contribution in [1.82, 2.24) is 5.06 Å². The van der Waals surface area contributed by atoms with Crippen LogP contribution in [0.25, 0.3) is 0 Å². The van der Waals surface area contributed by atoms with Crippen LogP contribution in [0.5, 0.6) is 5.75 Å². The number of hydrogen-bond acceptors (Lipinski definition) is 3. The van der Waals surface area contributed by atoms with Crippen molar-refractivity contribution in [3.63, 3.8) is 0 Å². The van der Waals surface area contributed by atoms with Gasteiger partial charge in [-0.05, 0) is 18.6 Å². The fourth-order valence-electron chi connectivity index (χ4n) is 0.948. The number of nitrogens with one attached hydrogen (secondary N) is 1. The summed E-state index contributed by atoms with van der Waals surface area (Å²) in [6.07, 6.45) is -1.44. The van der Waals surface area contributed by atoms with Gasteiger partial charge in [0.05, 0.1) is 0 Å². The van der Waals surface area contributed by atoms with Crippen molar-refractivity contribution in [3.8, 4) is 5.75 Å². The van der Waals surface area contributed by atoms with Gasteiger partial charge >= 0.3 is 6.09 Å². The molecule has 0 aliphatic heterocycles. The van der Waals surface area contributed by atoms with Gasteiger partial charge in [0.15, 0.2) is 5.75 Å². The highest BCUT2D eigenvalue weighted by Gasteiger charge is 2.18. The zero-order chi connectivity index (χ0) is 11.4. The van der Waals surface area contributed by atoms with Crippen molar-refractivity contribution in [1.29, 1.82) is 5.41 Å². The van der Waals surface area contributed by atoms with Crippen LogP contribution in [0.1, 0.15) is 5.56 Å². The first-order valence-electron chi connectivity index (χ1n) is 4.13. The Balaban J connectivity index is 2.88. The van der Waals surface area contributed by atoms with Gasteiger partial charge in [-0.25, -0.2) is 4.79 Å². The zero-order valence-corrected chi connectivity index (χ0v) is 8.10. The molecule has 4 N–H and O–H groups in total. The molecule has 0 aromatic heterocycles. The lowest BCUT2D eigenvalue weighted by atomic mass is 10.2. The quantitative estimate of drug-likeness (QED) is 0.386. The highest BCUT2D eigenvalue weighted by Crippen LogP contribution is 2.17. The van der Waals surface area contributed by atoms with Crippen molar-refractivity contribution in [2.45, 2.75) is 6.92 Å². The van der Waals surface area contributed by atoms with Crippen molar-refractivity contribution in [2.24, 2.45) is 5.73 Å². The highest BCUT2D eigenvalue weighted by atomic mass is 16.7. The van der Waals surface area contributed by atoms with E-state index in [9.17, 15) is 4.79 Å². The van der Waals surface area contributed by atoms with Gasteiger partial charge < -0.3 is 15.7 Å². The number of benzene rings is 1. The molecule has 1 aromatic carbocycles. The Kier molecular flexibility index (Phi) is 3.12. The lowest BCUT2D eigenvalue weighted by Crippen LogP contribution is -2.42. The summed E-state index contributed by atoms with van der Waals surface area (Å²) in [5, 5.41) is 16.0. The fourth-order valence-corrected chi connectivity index (χ4v) is 0.948. The summed E-state index contributed by atoms with van der Waals surface area (Å²) in [7, 11) is 0. The van der Waals surface area contributed by atoms with Gasteiger partial charge in [0.25, 0.3) is 0 Å². The summed E-state index contributed by atoms with van der Waals surface area (Å²) in [6.45, 7) is 1.76. The van der Waals surface area contributed by atoms with Gasteiger partial charge in [0.2, 0.25) is 5.96 Å². The Labute approximate surface area is 86.3 Å². The van der Waals surface area contributed by atoms with E-state index in [-0.39, 0.29) is 0 Å². The van der Waals surface area contributed by atoms with Crippen LogP contribution in [0.3, 0.4) is 0 Å². The van der Waals surface area contributed by atoms with E-state index in [2.05, 4.69) is 0 Å². The standard InChI is InChI=1S/C9H11N3O3/c1-6-4-2-3-5-7(6)15-12(8(10)11)9(13)14/h2-5H,1H3,(H3,10,11)(H,13,14). The molecule has 0 aliphatic rings. The molecule has 1 amide bonds.